The minimum absolute atomic E-state index is 0.00738. The number of piperidine rings is 1. The second-order valence-corrected chi connectivity index (χ2v) is 9.93. The fraction of sp³-hybridized carbons (Fsp3) is 0.321. The molecule has 0 spiro atoms. The highest BCUT2D eigenvalue weighted by molar-refractivity contribution is 5.96. The number of para-hydroxylation sites is 1. The van der Waals surface area contributed by atoms with E-state index in [1.54, 1.807) is 41.6 Å². The van der Waals surface area contributed by atoms with Gasteiger partial charge in [-0.1, -0.05) is 18.2 Å². The zero-order chi connectivity index (χ0) is 26.4. The van der Waals surface area contributed by atoms with Crippen LogP contribution >= 0.6 is 0 Å². The summed E-state index contributed by atoms with van der Waals surface area (Å²) in [5.41, 5.74) is 5.83. The van der Waals surface area contributed by atoms with E-state index in [4.69, 9.17) is 20.0 Å². The quantitative estimate of drug-likeness (QED) is 0.433. The van der Waals surface area contributed by atoms with Crippen LogP contribution in [-0.2, 0) is 9.63 Å². The van der Waals surface area contributed by atoms with Gasteiger partial charge in [-0.25, -0.2) is 9.78 Å². The van der Waals surface area contributed by atoms with Crippen LogP contribution in [0.4, 0.5) is 5.69 Å². The number of nitrogens with zero attached hydrogens (tertiary/aromatic N) is 2. The number of pyridine rings is 1. The molecular formula is C28H32N4O5. The van der Waals surface area contributed by atoms with Gasteiger partial charge in [0.25, 0.3) is 5.91 Å². The third-order valence-electron chi connectivity index (χ3n) is 5.71. The smallest absolute Gasteiger partial charge is 0.330 e. The number of carbonyl (C=O) groups excluding carboxylic acids is 2. The van der Waals surface area contributed by atoms with Crippen LogP contribution in [0.25, 0.3) is 0 Å². The van der Waals surface area contributed by atoms with Gasteiger partial charge >= 0.3 is 5.97 Å². The molecule has 1 amide bonds. The highest BCUT2D eigenvalue weighted by atomic mass is 16.7. The van der Waals surface area contributed by atoms with Crippen molar-refractivity contribution in [3.63, 3.8) is 0 Å². The first-order valence-corrected chi connectivity index (χ1v) is 12.2. The fourth-order valence-electron chi connectivity index (χ4n) is 3.73. The van der Waals surface area contributed by atoms with Crippen LogP contribution in [0.3, 0.4) is 0 Å². The Balaban J connectivity index is 1.40. The van der Waals surface area contributed by atoms with Crippen molar-refractivity contribution in [2.75, 3.05) is 18.4 Å². The summed E-state index contributed by atoms with van der Waals surface area (Å²) in [7, 11) is 0. The number of rotatable bonds is 8. The lowest BCUT2D eigenvalue weighted by Crippen LogP contribution is -2.44. The second kappa shape index (κ2) is 11.3. The Morgan fingerprint density at radius 3 is 2.30 bits per heavy atom. The van der Waals surface area contributed by atoms with E-state index >= 15 is 0 Å². The number of amides is 1. The SMILES string of the molecule is CC(C)(C)C(=O)ON1CCCC(Nc2cnc(Oc3ccc(Oc4ccccc4)cc3)c(C(N)=O)c2)C1. The lowest BCUT2D eigenvalue weighted by molar-refractivity contribution is -0.204. The van der Waals surface area contributed by atoms with Crippen molar-refractivity contribution in [2.45, 2.75) is 39.7 Å². The van der Waals surface area contributed by atoms with Crippen LogP contribution in [0.15, 0.2) is 66.9 Å². The number of benzene rings is 2. The van der Waals surface area contributed by atoms with E-state index in [0.717, 1.165) is 18.6 Å². The van der Waals surface area contributed by atoms with Crippen LogP contribution in [0, 0.1) is 5.41 Å². The van der Waals surface area contributed by atoms with Crippen molar-refractivity contribution >= 4 is 17.6 Å². The maximum absolute atomic E-state index is 12.2. The Kier molecular flexibility index (Phi) is 7.93. The minimum Gasteiger partial charge on any atom is -0.457 e. The summed E-state index contributed by atoms with van der Waals surface area (Å²) in [6.07, 6.45) is 3.33. The first-order valence-electron chi connectivity index (χ1n) is 12.2. The monoisotopic (exact) mass is 504 g/mol. The molecule has 2 heterocycles. The van der Waals surface area contributed by atoms with Gasteiger partial charge in [0.2, 0.25) is 5.88 Å². The second-order valence-electron chi connectivity index (χ2n) is 9.93. The average molecular weight is 505 g/mol. The van der Waals surface area contributed by atoms with Gasteiger partial charge < -0.3 is 25.4 Å². The maximum atomic E-state index is 12.2. The van der Waals surface area contributed by atoms with Gasteiger partial charge in [-0.15, -0.1) is 5.06 Å². The molecule has 3 aromatic rings. The minimum atomic E-state index is -0.653. The van der Waals surface area contributed by atoms with Crippen LogP contribution in [0.2, 0.25) is 0 Å². The summed E-state index contributed by atoms with van der Waals surface area (Å²) in [6, 6.07) is 18.1. The Hall–Kier alpha value is -4.11. The Morgan fingerprint density at radius 1 is 1.00 bits per heavy atom. The molecule has 2 aromatic carbocycles. The molecule has 37 heavy (non-hydrogen) atoms. The lowest BCUT2D eigenvalue weighted by atomic mass is 9.98. The van der Waals surface area contributed by atoms with Gasteiger partial charge in [0.1, 0.15) is 22.8 Å². The van der Waals surface area contributed by atoms with Crippen LogP contribution < -0.4 is 20.5 Å². The number of aromatic nitrogens is 1. The number of ether oxygens (including phenoxy) is 2. The number of primary amides is 1. The zero-order valence-corrected chi connectivity index (χ0v) is 21.3. The van der Waals surface area contributed by atoms with Gasteiger partial charge in [0.15, 0.2) is 0 Å². The van der Waals surface area contributed by atoms with Gasteiger partial charge in [0, 0.05) is 12.6 Å². The molecular weight excluding hydrogens is 472 g/mol. The number of hydrogen-bond acceptors (Lipinski definition) is 8. The summed E-state index contributed by atoms with van der Waals surface area (Å²) in [6.45, 7) is 6.66. The first kappa shape index (κ1) is 26.0. The van der Waals surface area contributed by atoms with E-state index in [-0.39, 0.29) is 23.5 Å². The molecule has 0 saturated carbocycles. The van der Waals surface area contributed by atoms with Crippen LogP contribution in [0.5, 0.6) is 23.1 Å². The molecule has 1 saturated heterocycles. The fourth-order valence-corrected chi connectivity index (χ4v) is 3.73. The van der Waals surface area contributed by atoms with Crippen molar-refractivity contribution in [1.29, 1.82) is 0 Å². The van der Waals surface area contributed by atoms with Crippen molar-refractivity contribution < 1.29 is 23.9 Å². The molecule has 194 valence electrons. The maximum Gasteiger partial charge on any atom is 0.330 e. The van der Waals surface area contributed by atoms with Gasteiger partial charge in [-0.3, -0.25) is 4.79 Å². The summed E-state index contributed by atoms with van der Waals surface area (Å²) >= 11 is 0. The van der Waals surface area contributed by atoms with Crippen molar-refractivity contribution in [1.82, 2.24) is 10.0 Å². The molecule has 1 aliphatic rings. The van der Waals surface area contributed by atoms with Crippen molar-refractivity contribution in [3.05, 3.63) is 72.4 Å². The van der Waals surface area contributed by atoms with Gasteiger partial charge in [-0.05, 0) is 76.1 Å². The molecule has 9 nitrogen and oxygen atoms in total. The normalized spacial score (nSPS) is 16.0. The summed E-state index contributed by atoms with van der Waals surface area (Å²) < 4.78 is 11.6. The Morgan fingerprint density at radius 2 is 1.65 bits per heavy atom. The average Bonchev–Trinajstić information content (AvgIpc) is 2.86. The number of carbonyl (C=O) groups is 2. The van der Waals surface area contributed by atoms with E-state index < -0.39 is 11.3 Å². The highest BCUT2D eigenvalue weighted by Gasteiger charge is 2.29. The number of nitrogens with one attached hydrogen (secondary N) is 1. The third-order valence-corrected chi connectivity index (χ3v) is 5.71. The summed E-state index contributed by atoms with van der Waals surface area (Å²) in [5.74, 6) is 1.05. The van der Waals surface area contributed by atoms with Crippen LogP contribution in [0.1, 0.15) is 44.0 Å². The van der Waals surface area contributed by atoms with Gasteiger partial charge in [0.05, 0.1) is 23.8 Å². The van der Waals surface area contributed by atoms with E-state index in [1.165, 1.54) is 0 Å². The molecule has 9 heteroatoms. The Labute approximate surface area is 216 Å². The third kappa shape index (κ3) is 7.20. The van der Waals surface area contributed by atoms with E-state index in [0.29, 0.717) is 30.3 Å². The number of anilines is 1. The van der Waals surface area contributed by atoms with Crippen LogP contribution in [-0.4, -0.2) is 41.1 Å². The Bertz CT molecular complexity index is 1230. The van der Waals surface area contributed by atoms with E-state index in [9.17, 15) is 9.59 Å². The summed E-state index contributed by atoms with van der Waals surface area (Å²) in [5, 5.41) is 5.04. The molecule has 0 aliphatic carbocycles. The standard InChI is InChI=1S/C28H32N4O5/c1-28(2,3)27(34)37-32-15-7-8-19(18-32)31-20-16-24(25(29)33)26(30-17-20)36-23-13-11-22(12-14-23)35-21-9-5-4-6-10-21/h4-6,9-14,16-17,19,31H,7-8,15,18H2,1-3H3,(H2,29,33). The molecule has 1 unspecified atom stereocenters. The molecule has 3 N–H and O–H groups in total. The highest BCUT2D eigenvalue weighted by Crippen LogP contribution is 2.29. The molecule has 1 aromatic heterocycles. The van der Waals surface area contributed by atoms with Gasteiger partial charge in [-0.2, -0.15) is 0 Å². The zero-order valence-electron chi connectivity index (χ0n) is 21.3. The summed E-state index contributed by atoms with van der Waals surface area (Å²) in [4.78, 5) is 34.3. The largest absolute Gasteiger partial charge is 0.457 e. The molecule has 1 atom stereocenters. The predicted octanol–water partition coefficient (Wildman–Crippen LogP) is 5.15. The predicted molar refractivity (Wildman–Crippen MR) is 140 cm³/mol. The molecule has 1 fully saturated rings. The topological polar surface area (TPSA) is 116 Å². The van der Waals surface area contributed by atoms with E-state index in [1.807, 2.05) is 51.1 Å². The number of nitrogens with two attached hydrogens (primary N) is 1. The molecule has 1 aliphatic heterocycles. The first-order chi connectivity index (χ1) is 17.7. The number of hydrogen-bond donors (Lipinski definition) is 2. The van der Waals surface area contributed by atoms with Crippen molar-refractivity contribution in [2.24, 2.45) is 11.1 Å². The van der Waals surface area contributed by atoms with Crippen molar-refractivity contribution in [3.8, 4) is 23.1 Å². The number of hydroxylamine groups is 2. The molecule has 0 bridgehead atoms. The molecule has 4 rings (SSSR count). The van der Waals surface area contributed by atoms with E-state index in [2.05, 4.69) is 10.3 Å². The lowest BCUT2D eigenvalue weighted by Gasteiger charge is -2.33. The molecule has 0 radical (unpaired) electrons.